The number of carbonyl (C=O) groups is 1. The lowest BCUT2D eigenvalue weighted by molar-refractivity contribution is 0.0602. The summed E-state index contributed by atoms with van der Waals surface area (Å²) >= 11 is 0. The molecule has 0 heterocycles. The van der Waals surface area contributed by atoms with Crippen molar-refractivity contribution in [2.45, 2.75) is 0 Å². The summed E-state index contributed by atoms with van der Waals surface area (Å²) in [7, 11) is 8.21. The van der Waals surface area contributed by atoms with Gasteiger partial charge in [-0.1, -0.05) is 0 Å². The highest BCUT2D eigenvalue weighted by Gasteiger charge is 2.15. The van der Waals surface area contributed by atoms with E-state index in [1.54, 1.807) is 31.5 Å². The van der Waals surface area contributed by atoms with E-state index in [4.69, 9.17) is 14.2 Å². The number of fused-ring (bicyclic) bond motifs is 1. The van der Waals surface area contributed by atoms with Crippen LogP contribution in [0.2, 0.25) is 0 Å². The van der Waals surface area contributed by atoms with Crippen molar-refractivity contribution in [2.75, 3.05) is 35.4 Å². The molecule has 23 heavy (non-hydrogen) atoms. The SMILES string of the molecule is COC(=O)c1cc2cc(OC)c(OC)cc2cc1/N=C/N(C)C. The first kappa shape index (κ1) is 16.6. The Morgan fingerprint density at radius 3 is 2.04 bits per heavy atom. The molecule has 0 N–H and O–H groups in total. The minimum Gasteiger partial charge on any atom is -0.493 e. The monoisotopic (exact) mass is 316 g/mol. The minimum atomic E-state index is -0.437. The molecule has 6 heteroatoms. The maximum absolute atomic E-state index is 12.0. The van der Waals surface area contributed by atoms with E-state index in [0.29, 0.717) is 22.7 Å². The van der Waals surface area contributed by atoms with E-state index >= 15 is 0 Å². The fourth-order valence-electron chi connectivity index (χ4n) is 2.17. The van der Waals surface area contributed by atoms with Crippen LogP contribution < -0.4 is 9.47 Å². The van der Waals surface area contributed by atoms with Crippen LogP contribution in [0, 0.1) is 0 Å². The summed E-state index contributed by atoms with van der Waals surface area (Å²) in [4.78, 5) is 18.2. The van der Waals surface area contributed by atoms with Gasteiger partial charge < -0.3 is 19.1 Å². The van der Waals surface area contributed by atoms with E-state index in [9.17, 15) is 4.79 Å². The van der Waals surface area contributed by atoms with Crippen LogP contribution in [0.3, 0.4) is 0 Å². The normalized spacial score (nSPS) is 10.8. The molecule has 6 nitrogen and oxygen atoms in total. The molecule has 122 valence electrons. The number of carbonyl (C=O) groups excluding carboxylic acids is 1. The van der Waals surface area contributed by atoms with Crippen molar-refractivity contribution < 1.29 is 19.0 Å². The molecule has 0 aliphatic rings. The third-order valence-corrected chi connectivity index (χ3v) is 3.29. The Labute approximate surface area is 135 Å². The third-order valence-electron chi connectivity index (χ3n) is 3.29. The summed E-state index contributed by atoms with van der Waals surface area (Å²) in [6, 6.07) is 7.24. The number of nitrogens with zero attached hydrogens (tertiary/aromatic N) is 2. The molecule has 0 bridgehead atoms. The van der Waals surface area contributed by atoms with E-state index in [0.717, 1.165) is 10.8 Å². The zero-order valence-corrected chi connectivity index (χ0v) is 13.9. The van der Waals surface area contributed by atoms with Crippen molar-refractivity contribution in [1.82, 2.24) is 4.90 Å². The molecule has 0 spiro atoms. The topological polar surface area (TPSA) is 60.4 Å². The first-order chi connectivity index (χ1) is 11.0. The molecule has 0 saturated heterocycles. The van der Waals surface area contributed by atoms with Crippen molar-refractivity contribution in [1.29, 1.82) is 0 Å². The zero-order chi connectivity index (χ0) is 17.0. The highest BCUT2D eigenvalue weighted by Crippen LogP contribution is 2.35. The van der Waals surface area contributed by atoms with Crippen molar-refractivity contribution >= 4 is 28.8 Å². The van der Waals surface area contributed by atoms with Crippen molar-refractivity contribution in [3.63, 3.8) is 0 Å². The summed E-state index contributed by atoms with van der Waals surface area (Å²) in [5.74, 6) is 0.779. The number of ether oxygens (including phenoxy) is 3. The summed E-state index contributed by atoms with van der Waals surface area (Å²) in [5.41, 5.74) is 0.926. The Kier molecular flexibility index (Phi) is 5.05. The highest BCUT2D eigenvalue weighted by molar-refractivity contribution is 6.02. The average molecular weight is 316 g/mol. The number of methoxy groups -OCH3 is 3. The lowest BCUT2D eigenvalue weighted by Crippen LogP contribution is -2.08. The number of aliphatic imine (C=N–C) groups is 1. The van der Waals surface area contributed by atoms with Crippen molar-refractivity contribution in [2.24, 2.45) is 4.99 Å². The van der Waals surface area contributed by atoms with E-state index in [1.807, 2.05) is 32.3 Å². The summed E-state index contributed by atoms with van der Waals surface area (Å²) in [6.07, 6.45) is 1.63. The van der Waals surface area contributed by atoms with Crippen molar-refractivity contribution in [3.8, 4) is 11.5 Å². The second-order valence-corrected chi connectivity index (χ2v) is 5.12. The largest absolute Gasteiger partial charge is 0.493 e. The van der Waals surface area contributed by atoms with Gasteiger partial charge in [-0.15, -0.1) is 0 Å². The van der Waals surface area contributed by atoms with Gasteiger partial charge in [0, 0.05) is 14.1 Å². The van der Waals surface area contributed by atoms with Crippen LogP contribution in [0.5, 0.6) is 11.5 Å². The number of hydrogen-bond acceptors (Lipinski definition) is 5. The Bertz CT molecular complexity index is 754. The molecule has 0 radical (unpaired) electrons. The number of benzene rings is 2. The minimum absolute atomic E-state index is 0.394. The van der Waals surface area contributed by atoms with E-state index in [-0.39, 0.29) is 0 Å². The Hall–Kier alpha value is -2.76. The van der Waals surface area contributed by atoms with Gasteiger partial charge >= 0.3 is 5.97 Å². The van der Waals surface area contributed by atoms with Gasteiger partial charge in [-0.2, -0.15) is 0 Å². The molecule has 0 aliphatic carbocycles. The second-order valence-electron chi connectivity index (χ2n) is 5.12. The quantitative estimate of drug-likeness (QED) is 0.482. The van der Waals surface area contributed by atoms with Gasteiger partial charge in [0.15, 0.2) is 11.5 Å². The molecule has 0 saturated carbocycles. The van der Waals surface area contributed by atoms with Gasteiger partial charge in [0.25, 0.3) is 0 Å². The first-order valence-electron chi connectivity index (χ1n) is 6.99. The summed E-state index contributed by atoms with van der Waals surface area (Å²) in [5, 5.41) is 1.73. The Morgan fingerprint density at radius 2 is 1.57 bits per heavy atom. The van der Waals surface area contributed by atoms with Gasteiger partial charge in [-0.3, -0.25) is 0 Å². The van der Waals surface area contributed by atoms with Crippen LogP contribution in [-0.2, 0) is 4.74 Å². The number of esters is 1. The van der Waals surface area contributed by atoms with Crippen LogP contribution in [0.4, 0.5) is 5.69 Å². The fraction of sp³-hybridized carbons (Fsp3) is 0.294. The number of rotatable bonds is 5. The van der Waals surface area contributed by atoms with Crippen LogP contribution in [-0.4, -0.2) is 52.6 Å². The first-order valence-corrected chi connectivity index (χ1v) is 6.99. The second kappa shape index (κ2) is 7.00. The molecule has 0 aromatic heterocycles. The zero-order valence-electron chi connectivity index (χ0n) is 13.9. The van der Waals surface area contributed by atoms with Crippen molar-refractivity contribution in [3.05, 3.63) is 29.8 Å². The average Bonchev–Trinajstić information content (AvgIpc) is 2.56. The van der Waals surface area contributed by atoms with E-state index < -0.39 is 5.97 Å². The molecule has 0 aliphatic heterocycles. The molecule has 0 amide bonds. The molecule has 0 atom stereocenters. The van der Waals surface area contributed by atoms with Gasteiger partial charge in [0.2, 0.25) is 0 Å². The number of hydrogen-bond donors (Lipinski definition) is 0. The van der Waals surface area contributed by atoms with Gasteiger partial charge in [-0.25, -0.2) is 9.79 Å². The Morgan fingerprint density at radius 1 is 1.00 bits per heavy atom. The molecule has 0 unspecified atom stereocenters. The fourth-order valence-corrected chi connectivity index (χ4v) is 2.17. The van der Waals surface area contributed by atoms with Gasteiger partial charge in [0.05, 0.1) is 38.9 Å². The van der Waals surface area contributed by atoms with Gasteiger partial charge in [-0.05, 0) is 35.0 Å². The van der Waals surface area contributed by atoms with E-state index in [2.05, 4.69) is 4.99 Å². The third kappa shape index (κ3) is 3.53. The lowest BCUT2D eigenvalue weighted by Gasteiger charge is -2.12. The predicted octanol–water partition coefficient (Wildman–Crippen LogP) is 2.87. The molecular formula is C17H20N2O4. The molecule has 2 aromatic rings. The van der Waals surface area contributed by atoms with E-state index in [1.165, 1.54) is 7.11 Å². The van der Waals surface area contributed by atoms with Crippen LogP contribution in [0.1, 0.15) is 10.4 Å². The molecule has 2 aromatic carbocycles. The molecule has 0 fully saturated rings. The molecular weight excluding hydrogens is 296 g/mol. The molecule has 2 rings (SSSR count). The maximum Gasteiger partial charge on any atom is 0.340 e. The predicted molar refractivity (Wildman–Crippen MR) is 90.2 cm³/mol. The Balaban J connectivity index is 2.69. The summed E-state index contributed by atoms with van der Waals surface area (Å²) in [6.45, 7) is 0. The maximum atomic E-state index is 12.0. The van der Waals surface area contributed by atoms with Gasteiger partial charge in [0.1, 0.15) is 0 Å². The standard InChI is InChI=1S/C17H20N2O4/c1-19(2)10-18-14-7-12-9-16(22-4)15(21-3)8-11(12)6-13(14)17(20)23-5/h6-10H,1-5H3/b18-10+. The highest BCUT2D eigenvalue weighted by atomic mass is 16.5. The van der Waals surface area contributed by atoms with Crippen LogP contribution in [0.15, 0.2) is 29.3 Å². The summed E-state index contributed by atoms with van der Waals surface area (Å²) < 4.78 is 15.5. The van der Waals surface area contributed by atoms with Crippen LogP contribution >= 0.6 is 0 Å². The smallest absolute Gasteiger partial charge is 0.340 e. The lowest BCUT2D eigenvalue weighted by atomic mass is 10.0. The van der Waals surface area contributed by atoms with Crippen LogP contribution in [0.25, 0.3) is 10.8 Å².